The van der Waals surface area contributed by atoms with Crippen LogP contribution in [0.3, 0.4) is 0 Å². The lowest BCUT2D eigenvalue weighted by Crippen LogP contribution is -2.22. The van der Waals surface area contributed by atoms with Crippen molar-refractivity contribution in [2.75, 3.05) is 21.3 Å². The van der Waals surface area contributed by atoms with Crippen molar-refractivity contribution in [1.29, 1.82) is 0 Å². The summed E-state index contributed by atoms with van der Waals surface area (Å²) in [5, 5.41) is 1.28. The van der Waals surface area contributed by atoms with Crippen molar-refractivity contribution in [1.82, 2.24) is 14.9 Å². The summed E-state index contributed by atoms with van der Waals surface area (Å²) < 4.78 is 9.48. The molecule has 11 heteroatoms. The first-order valence-electron chi connectivity index (χ1n) is 9.05. The predicted molar refractivity (Wildman–Crippen MR) is 119 cm³/mol. The summed E-state index contributed by atoms with van der Waals surface area (Å²) >= 11 is 13.2. The van der Waals surface area contributed by atoms with Crippen LogP contribution in [-0.2, 0) is 33.8 Å². The van der Waals surface area contributed by atoms with Gasteiger partial charge in [-0.15, -0.1) is 11.3 Å². The Morgan fingerprint density at radius 1 is 1.19 bits per heavy atom. The van der Waals surface area contributed by atoms with Crippen molar-refractivity contribution in [2.24, 2.45) is 0 Å². The molecule has 0 unspecified atom stereocenters. The zero-order valence-corrected chi connectivity index (χ0v) is 19.3. The standard InChI is InChI=1S/C20H19Cl2N3O5S/c1-25(8-10-4-5-11(21)6-13(10)22)9-14-23-18(27)16-12(7-15(26)29-2)17(20(28)30-3)31-19(16)24-14/h4-6H,7-9H2,1-3H3,(H,23,24,27). The molecule has 0 saturated heterocycles. The summed E-state index contributed by atoms with van der Waals surface area (Å²) in [7, 11) is 4.32. The van der Waals surface area contributed by atoms with E-state index in [1.807, 2.05) is 18.0 Å². The highest BCUT2D eigenvalue weighted by molar-refractivity contribution is 7.20. The van der Waals surface area contributed by atoms with Gasteiger partial charge in [-0.05, 0) is 24.7 Å². The van der Waals surface area contributed by atoms with E-state index in [0.29, 0.717) is 33.8 Å². The Kier molecular flexibility index (Phi) is 7.32. The van der Waals surface area contributed by atoms with Gasteiger partial charge in [-0.2, -0.15) is 0 Å². The summed E-state index contributed by atoms with van der Waals surface area (Å²) in [6.07, 6.45) is -0.236. The van der Waals surface area contributed by atoms with Crippen LogP contribution in [0.25, 0.3) is 10.2 Å². The number of ether oxygens (including phenoxy) is 2. The van der Waals surface area contributed by atoms with E-state index in [9.17, 15) is 14.4 Å². The van der Waals surface area contributed by atoms with Gasteiger partial charge in [0.05, 0.1) is 32.6 Å². The second-order valence-electron chi connectivity index (χ2n) is 6.76. The number of halogens is 2. The number of aromatic amines is 1. The summed E-state index contributed by atoms with van der Waals surface area (Å²) in [5.74, 6) is -0.808. The quantitative estimate of drug-likeness (QED) is 0.513. The third-order valence-corrected chi connectivity index (χ3v) is 6.20. The molecule has 0 aliphatic heterocycles. The van der Waals surface area contributed by atoms with E-state index in [1.165, 1.54) is 14.2 Å². The molecule has 2 heterocycles. The summed E-state index contributed by atoms with van der Waals surface area (Å²) in [4.78, 5) is 46.4. The molecule has 31 heavy (non-hydrogen) atoms. The number of hydrogen-bond acceptors (Lipinski definition) is 8. The third-order valence-electron chi connectivity index (χ3n) is 4.50. The van der Waals surface area contributed by atoms with Crippen LogP contribution in [0, 0.1) is 0 Å². The van der Waals surface area contributed by atoms with Gasteiger partial charge in [-0.25, -0.2) is 9.78 Å². The Labute approximate surface area is 191 Å². The Balaban J connectivity index is 1.93. The Morgan fingerprint density at radius 3 is 2.58 bits per heavy atom. The Morgan fingerprint density at radius 2 is 1.94 bits per heavy atom. The Hall–Kier alpha value is -2.46. The molecule has 2 aromatic heterocycles. The number of rotatable bonds is 7. The molecule has 0 amide bonds. The number of carbonyl (C=O) groups is 2. The van der Waals surface area contributed by atoms with Crippen molar-refractivity contribution >= 4 is 56.7 Å². The number of nitrogens with zero attached hydrogens (tertiary/aromatic N) is 2. The number of aromatic nitrogens is 2. The topological polar surface area (TPSA) is 102 Å². The van der Waals surface area contributed by atoms with Gasteiger partial charge in [0.1, 0.15) is 15.5 Å². The average molecular weight is 484 g/mol. The molecule has 3 rings (SSSR count). The molecule has 164 valence electrons. The molecule has 1 N–H and O–H groups in total. The van der Waals surface area contributed by atoms with Gasteiger partial charge >= 0.3 is 11.9 Å². The average Bonchev–Trinajstić information content (AvgIpc) is 3.07. The molecule has 3 aromatic rings. The highest BCUT2D eigenvalue weighted by Crippen LogP contribution is 2.29. The molecule has 0 bridgehead atoms. The largest absolute Gasteiger partial charge is 0.469 e. The maximum atomic E-state index is 12.8. The lowest BCUT2D eigenvalue weighted by atomic mass is 10.1. The van der Waals surface area contributed by atoms with Gasteiger partial charge in [0.25, 0.3) is 5.56 Å². The van der Waals surface area contributed by atoms with Gasteiger partial charge in [0.2, 0.25) is 0 Å². The fraction of sp³-hybridized carbons (Fsp3) is 0.300. The van der Waals surface area contributed by atoms with E-state index in [2.05, 4.69) is 14.7 Å². The van der Waals surface area contributed by atoms with Gasteiger partial charge in [0.15, 0.2) is 0 Å². The highest BCUT2D eigenvalue weighted by Gasteiger charge is 2.25. The van der Waals surface area contributed by atoms with E-state index < -0.39 is 17.5 Å². The van der Waals surface area contributed by atoms with Crippen LogP contribution < -0.4 is 5.56 Å². The zero-order chi connectivity index (χ0) is 22.7. The molecule has 8 nitrogen and oxygen atoms in total. The number of fused-ring (bicyclic) bond motifs is 1. The van der Waals surface area contributed by atoms with Crippen molar-refractivity contribution in [3.8, 4) is 0 Å². The van der Waals surface area contributed by atoms with Crippen LogP contribution in [0.1, 0.15) is 26.6 Å². The first kappa shape index (κ1) is 23.2. The van der Waals surface area contributed by atoms with Crippen LogP contribution >= 0.6 is 34.5 Å². The fourth-order valence-electron chi connectivity index (χ4n) is 3.08. The molecule has 0 radical (unpaired) electrons. The zero-order valence-electron chi connectivity index (χ0n) is 17.0. The fourth-order valence-corrected chi connectivity index (χ4v) is 4.68. The molecule has 1 aromatic carbocycles. The van der Waals surface area contributed by atoms with Crippen LogP contribution in [0.4, 0.5) is 0 Å². The first-order valence-corrected chi connectivity index (χ1v) is 10.6. The summed E-state index contributed by atoms with van der Waals surface area (Å²) in [5.41, 5.74) is 0.685. The molecule has 0 spiro atoms. The number of hydrogen-bond donors (Lipinski definition) is 1. The van der Waals surface area contributed by atoms with Gasteiger partial charge < -0.3 is 14.5 Å². The van der Waals surface area contributed by atoms with Crippen LogP contribution in [0.5, 0.6) is 0 Å². The molecule has 0 aliphatic rings. The van der Waals surface area contributed by atoms with Crippen LogP contribution in [0.2, 0.25) is 10.0 Å². The number of benzene rings is 1. The summed E-state index contributed by atoms with van der Waals surface area (Å²) in [6.45, 7) is 0.825. The lowest BCUT2D eigenvalue weighted by Gasteiger charge is -2.17. The smallest absolute Gasteiger partial charge is 0.348 e. The number of methoxy groups -OCH3 is 2. The monoisotopic (exact) mass is 483 g/mol. The van der Waals surface area contributed by atoms with Crippen LogP contribution in [0.15, 0.2) is 23.0 Å². The lowest BCUT2D eigenvalue weighted by molar-refractivity contribution is -0.139. The SMILES string of the molecule is COC(=O)Cc1c(C(=O)OC)sc2nc(CN(C)Cc3ccc(Cl)cc3Cl)[nH]c(=O)c12. The predicted octanol–water partition coefficient (Wildman–Crippen LogP) is 3.43. The van der Waals surface area contributed by atoms with E-state index in [0.717, 1.165) is 16.9 Å². The normalized spacial score (nSPS) is 11.2. The summed E-state index contributed by atoms with van der Waals surface area (Å²) in [6, 6.07) is 5.26. The molecular formula is C20H19Cl2N3O5S. The second-order valence-corrected chi connectivity index (χ2v) is 8.60. The Bertz CT molecular complexity index is 1210. The molecular weight excluding hydrogens is 465 g/mol. The highest BCUT2D eigenvalue weighted by atomic mass is 35.5. The number of carbonyl (C=O) groups excluding carboxylic acids is 2. The van der Waals surface area contributed by atoms with Crippen molar-refractivity contribution in [3.63, 3.8) is 0 Å². The van der Waals surface area contributed by atoms with Crippen molar-refractivity contribution < 1.29 is 19.1 Å². The number of esters is 2. The third kappa shape index (κ3) is 5.24. The molecule has 0 fully saturated rings. The van der Waals surface area contributed by atoms with Crippen molar-refractivity contribution in [2.45, 2.75) is 19.5 Å². The van der Waals surface area contributed by atoms with E-state index in [4.69, 9.17) is 27.9 Å². The van der Waals surface area contributed by atoms with Crippen molar-refractivity contribution in [3.05, 3.63) is 60.4 Å². The molecule has 0 saturated carbocycles. The maximum Gasteiger partial charge on any atom is 0.348 e. The van der Waals surface area contributed by atoms with Crippen LogP contribution in [-0.4, -0.2) is 48.1 Å². The second kappa shape index (κ2) is 9.78. The van der Waals surface area contributed by atoms with E-state index in [1.54, 1.807) is 12.1 Å². The van der Waals surface area contributed by atoms with Gasteiger partial charge in [-0.3, -0.25) is 14.5 Å². The number of H-pyrrole nitrogens is 1. The molecule has 0 aliphatic carbocycles. The number of thiophene rings is 1. The van der Waals surface area contributed by atoms with Gasteiger partial charge in [0, 0.05) is 22.2 Å². The van der Waals surface area contributed by atoms with E-state index in [-0.39, 0.29) is 22.2 Å². The van der Waals surface area contributed by atoms with Gasteiger partial charge in [-0.1, -0.05) is 29.3 Å². The minimum Gasteiger partial charge on any atom is -0.469 e. The van der Waals surface area contributed by atoms with E-state index >= 15 is 0 Å². The first-order chi connectivity index (χ1) is 14.7. The minimum absolute atomic E-state index is 0.152. The maximum absolute atomic E-state index is 12.8. The minimum atomic E-state index is -0.641. The number of nitrogens with one attached hydrogen (secondary N) is 1. The molecule has 0 atom stereocenters.